The summed E-state index contributed by atoms with van der Waals surface area (Å²) in [7, 11) is 1.65. The molecule has 2 heterocycles. The summed E-state index contributed by atoms with van der Waals surface area (Å²) in [4.78, 5) is 14.7. The van der Waals surface area contributed by atoms with Crippen LogP contribution in [0.25, 0.3) is 0 Å². The Hall–Kier alpha value is -1.55. The molecule has 0 aliphatic carbocycles. The van der Waals surface area contributed by atoms with Gasteiger partial charge in [-0.05, 0) is 37.0 Å². The number of carbonyl (C=O) groups excluding carboxylic acids is 1. The second kappa shape index (κ2) is 5.44. The summed E-state index contributed by atoms with van der Waals surface area (Å²) in [6, 6.07) is 8.54. The van der Waals surface area contributed by atoms with Crippen molar-refractivity contribution in [2.75, 3.05) is 20.2 Å². The van der Waals surface area contributed by atoms with Gasteiger partial charge < -0.3 is 15.0 Å². The molecule has 1 N–H and O–H groups in total. The highest BCUT2D eigenvalue weighted by atomic mass is 16.5. The molecule has 108 valence electrons. The van der Waals surface area contributed by atoms with E-state index in [1.807, 2.05) is 24.3 Å². The number of nitrogens with one attached hydrogen (secondary N) is 1. The van der Waals surface area contributed by atoms with Crippen molar-refractivity contribution in [3.8, 4) is 5.75 Å². The Kier molecular flexibility index (Phi) is 3.66. The van der Waals surface area contributed by atoms with Gasteiger partial charge >= 0.3 is 0 Å². The number of hydrogen-bond donors (Lipinski definition) is 1. The number of amides is 1. The Morgan fingerprint density at radius 2 is 2.30 bits per heavy atom. The minimum atomic E-state index is 0.238. The first kappa shape index (κ1) is 13.4. The molecule has 0 bridgehead atoms. The predicted octanol–water partition coefficient (Wildman–Crippen LogP) is 1.45. The number of nitrogens with zero attached hydrogens (tertiary/aromatic N) is 1. The third-order valence-electron chi connectivity index (χ3n) is 4.56. The molecule has 2 fully saturated rings. The lowest BCUT2D eigenvalue weighted by atomic mass is 10.0. The fraction of sp³-hybridized carbons (Fsp3) is 0.562. The first-order chi connectivity index (χ1) is 9.69. The molecule has 0 aromatic heterocycles. The van der Waals surface area contributed by atoms with Crippen LogP contribution in [0.15, 0.2) is 24.3 Å². The van der Waals surface area contributed by atoms with E-state index < -0.39 is 0 Å². The molecule has 2 aliphatic rings. The molecule has 20 heavy (non-hydrogen) atoms. The molecule has 0 radical (unpaired) electrons. The monoisotopic (exact) mass is 274 g/mol. The van der Waals surface area contributed by atoms with Gasteiger partial charge in [0.05, 0.1) is 13.5 Å². The molecular weight excluding hydrogens is 252 g/mol. The van der Waals surface area contributed by atoms with Crippen LogP contribution >= 0.6 is 0 Å². The van der Waals surface area contributed by atoms with Gasteiger partial charge in [0.15, 0.2) is 0 Å². The molecule has 1 amide bonds. The molecule has 3 atom stereocenters. The van der Waals surface area contributed by atoms with Crippen LogP contribution in [0, 0.1) is 5.92 Å². The number of fused-ring (bicyclic) bond motifs is 1. The van der Waals surface area contributed by atoms with Crippen LogP contribution in [0.5, 0.6) is 5.75 Å². The summed E-state index contributed by atoms with van der Waals surface area (Å²) in [5.74, 6) is 1.69. The van der Waals surface area contributed by atoms with Gasteiger partial charge in [0, 0.05) is 25.2 Å². The number of benzene rings is 1. The highest BCUT2D eigenvalue weighted by Gasteiger charge is 2.43. The van der Waals surface area contributed by atoms with Crippen molar-refractivity contribution in [1.29, 1.82) is 0 Å². The maximum Gasteiger partial charge on any atom is 0.227 e. The van der Waals surface area contributed by atoms with E-state index in [0.717, 1.165) is 30.8 Å². The lowest BCUT2D eigenvalue weighted by Crippen LogP contribution is -2.43. The van der Waals surface area contributed by atoms with Crippen molar-refractivity contribution < 1.29 is 9.53 Å². The molecule has 2 saturated heterocycles. The standard InChI is InChI=1S/C16H22N2O2/c1-11-6-13-9-17-10-15(13)18(11)16(19)8-12-4-3-5-14(7-12)20-2/h3-5,7,11,13,15,17H,6,8-10H2,1-2H3. The minimum Gasteiger partial charge on any atom is -0.497 e. The van der Waals surface area contributed by atoms with E-state index in [1.165, 1.54) is 0 Å². The van der Waals surface area contributed by atoms with E-state index in [4.69, 9.17) is 4.74 Å². The highest BCUT2D eigenvalue weighted by Crippen LogP contribution is 2.32. The number of methoxy groups -OCH3 is 1. The quantitative estimate of drug-likeness (QED) is 0.907. The lowest BCUT2D eigenvalue weighted by molar-refractivity contribution is -0.133. The molecule has 3 unspecified atom stereocenters. The lowest BCUT2D eigenvalue weighted by Gasteiger charge is -2.27. The molecular formula is C16H22N2O2. The molecule has 2 aliphatic heterocycles. The van der Waals surface area contributed by atoms with Gasteiger partial charge in [-0.15, -0.1) is 0 Å². The first-order valence-corrected chi connectivity index (χ1v) is 7.34. The van der Waals surface area contributed by atoms with Crippen molar-refractivity contribution in [1.82, 2.24) is 10.2 Å². The zero-order valence-corrected chi connectivity index (χ0v) is 12.1. The van der Waals surface area contributed by atoms with E-state index in [2.05, 4.69) is 17.1 Å². The van der Waals surface area contributed by atoms with Crippen molar-refractivity contribution in [3.63, 3.8) is 0 Å². The molecule has 4 nitrogen and oxygen atoms in total. The Morgan fingerprint density at radius 3 is 3.10 bits per heavy atom. The van der Waals surface area contributed by atoms with Gasteiger partial charge in [0.25, 0.3) is 0 Å². The third-order valence-corrected chi connectivity index (χ3v) is 4.56. The summed E-state index contributed by atoms with van der Waals surface area (Å²) >= 11 is 0. The number of hydrogen-bond acceptors (Lipinski definition) is 3. The second-order valence-electron chi connectivity index (χ2n) is 5.90. The average molecular weight is 274 g/mol. The van der Waals surface area contributed by atoms with E-state index in [9.17, 15) is 4.79 Å². The van der Waals surface area contributed by atoms with Crippen LogP contribution in [0.2, 0.25) is 0 Å². The number of carbonyl (C=O) groups is 1. The van der Waals surface area contributed by atoms with E-state index in [0.29, 0.717) is 24.4 Å². The van der Waals surface area contributed by atoms with Crippen LogP contribution in [0.1, 0.15) is 18.9 Å². The van der Waals surface area contributed by atoms with Crippen LogP contribution in [-0.4, -0.2) is 43.1 Å². The summed E-state index contributed by atoms with van der Waals surface area (Å²) < 4.78 is 5.22. The van der Waals surface area contributed by atoms with Crippen molar-refractivity contribution in [2.45, 2.75) is 31.8 Å². The zero-order chi connectivity index (χ0) is 14.1. The second-order valence-corrected chi connectivity index (χ2v) is 5.90. The van der Waals surface area contributed by atoms with Crippen molar-refractivity contribution >= 4 is 5.91 Å². The fourth-order valence-electron chi connectivity index (χ4n) is 3.64. The van der Waals surface area contributed by atoms with Gasteiger partial charge in [0.1, 0.15) is 5.75 Å². The van der Waals surface area contributed by atoms with Crippen molar-refractivity contribution in [3.05, 3.63) is 29.8 Å². The smallest absolute Gasteiger partial charge is 0.227 e. The van der Waals surface area contributed by atoms with Gasteiger partial charge in [-0.3, -0.25) is 4.79 Å². The van der Waals surface area contributed by atoms with Crippen molar-refractivity contribution in [2.24, 2.45) is 5.92 Å². The Balaban J connectivity index is 1.72. The van der Waals surface area contributed by atoms with Crippen LogP contribution in [0.3, 0.4) is 0 Å². The molecule has 1 aromatic carbocycles. The van der Waals surface area contributed by atoms with Crippen LogP contribution in [0.4, 0.5) is 0 Å². The zero-order valence-electron chi connectivity index (χ0n) is 12.1. The fourth-order valence-corrected chi connectivity index (χ4v) is 3.64. The van der Waals surface area contributed by atoms with Gasteiger partial charge in [-0.25, -0.2) is 0 Å². The summed E-state index contributed by atoms with van der Waals surface area (Å²) in [6.45, 7) is 4.17. The van der Waals surface area contributed by atoms with Gasteiger partial charge in [0.2, 0.25) is 5.91 Å². The normalized spacial score (nSPS) is 28.5. The maximum absolute atomic E-state index is 12.6. The minimum absolute atomic E-state index is 0.238. The SMILES string of the molecule is COc1cccc(CC(=O)N2C(C)CC3CNCC32)c1. The van der Waals surface area contributed by atoms with Crippen LogP contribution < -0.4 is 10.1 Å². The van der Waals surface area contributed by atoms with E-state index in [1.54, 1.807) is 7.11 Å². The first-order valence-electron chi connectivity index (χ1n) is 7.34. The molecule has 3 rings (SSSR count). The average Bonchev–Trinajstić information content (AvgIpc) is 2.98. The topological polar surface area (TPSA) is 41.6 Å². The molecule has 0 saturated carbocycles. The molecule has 0 spiro atoms. The summed E-state index contributed by atoms with van der Waals surface area (Å²) in [5.41, 5.74) is 1.02. The third kappa shape index (κ3) is 2.40. The Labute approximate surface area is 120 Å². The van der Waals surface area contributed by atoms with E-state index in [-0.39, 0.29) is 5.91 Å². The number of likely N-dealkylation sites (tertiary alicyclic amines) is 1. The number of rotatable bonds is 3. The Morgan fingerprint density at radius 1 is 1.45 bits per heavy atom. The Bertz CT molecular complexity index is 503. The largest absolute Gasteiger partial charge is 0.497 e. The van der Waals surface area contributed by atoms with Crippen LogP contribution in [-0.2, 0) is 11.2 Å². The molecule has 4 heteroatoms. The summed E-state index contributed by atoms with van der Waals surface area (Å²) in [5, 5.41) is 3.40. The highest BCUT2D eigenvalue weighted by molar-refractivity contribution is 5.80. The predicted molar refractivity (Wildman–Crippen MR) is 77.8 cm³/mol. The number of ether oxygens (including phenoxy) is 1. The summed E-state index contributed by atoms with van der Waals surface area (Å²) in [6.07, 6.45) is 1.59. The molecule has 1 aromatic rings. The van der Waals surface area contributed by atoms with Gasteiger partial charge in [-0.2, -0.15) is 0 Å². The maximum atomic E-state index is 12.6. The van der Waals surface area contributed by atoms with Gasteiger partial charge in [-0.1, -0.05) is 12.1 Å². The van der Waals surface area contributed by atoms with E-state index >= 15 is 0 Å².